The van der Waals surface area contributed by atoms with Crippen LogP contribution in [0.5, 0.6) is 5.75 Å². The number of ether oxygens (including phenoxy) is 1. The lowest BCUT2D eigenvalue weighted by Gasteiger charge is -2.36. The van der Waals surface area contributed by atoms with Gasteiger partial charge in [-0.3, -0.25) is 4.79 Å². The van der Waals surface area contributed by atoms with E-state index in [2.05, 4.69) is 39.7 Å². The molecule has 1 heterocycles. The molecule has 1 aliphatic rings. The standard InChI is InChI=1S/C20H22ClFIN3O2/c1-3-25-7-9-26(10-8-25)19-14(21)11-13(12-15(19)22)24-20(27)18-16(23)5-4-6-17(18)28-2/h4-6,11-12H,3,7-10H2,1-2H3,(H,24,27). The maximum Gasteiger partial charge on any atom is 0.260 e. The van der Waals surface area contributed by atoms with E-state index in [1.165, 1.54) is 13.2 Å². The Morgan fingerprint density at radius 1 is 1.29 bits per heavy atom. The number of hydrogen-bond acceptors (Lipinski definition) is 4. The first-order chi connectivity index (χ1) is 13.4. The van der Waals surface area contributed by atoms with Gasteiger partial charge in [0.1, 0.15) is 11.6 Å². The first-order valence-electron chi connectivity index (χ1n) is 9.04. The molecule has 8 heteroatoms. The molecule has 1 aliphatic heterocycles. The number of amides is 1. The van der Waals surface area contributed by atoms with Crippen molar-refractivity contribution < 1.29 is 13.9 Å². The van der Waals surface area contributed by atoms with Crippen LogP contribution in [-0.4, -0.2) is 50.6 Å². The highest BCUT2D eigenvalue weighted by atomic mass is 127. The summed E-state index contributed by atoms with van der Waals surface area (Å²) in [4.78, 5) is 17.0. The predicted molar refractivity (Wildman–Crippen MR) is 119 cm³/mol. The van der Waals surface area contributed by atoms with E-state index in [0.717, 1.165) is 36.3 Å². The predicted octanol–water partition coefficient (Wildman–Crippen LogP) is 4.49. The third kappa shape index (κ3) is 4.52. The molecule has 28 heavy (non-hydrogen) atoms. The number of piperazine rings is 1. The molecule has 2 aromatic carbocycles. The van der Waals surface area contributed by atoms with Gasteiger partial charge in [0.2, 0.25) is 0 Å². The Morgan fingerprint density at radius 3 is 2.61 bits per heavy atom. The van der Waals surface area contributed by atoms with Gasteiger partial charge in [0.05, 0.1) is 23.4 Å². The van der Waals surface area contributed by atoms with Gasteiger partial charge in [-0.15, -0.1) is 0 Å². The highest BCUT2D eigenvalue weighted by Gasteiger charge is 2.23. The third-order valence-corrected chi connectivity index (χ3v) is 6.02. The number of nitrogens with zero attached hydrogens (tertiary/aromatic N) is 2. The van der Waals surface area contributed by atoms with Gasteiger partial charge < -0.3 is 19.9 Å². The smallest absolute Gasteiger partial charge is 0.260 e. The fourth-order valence-corrected chi connectivity index (χ4v) is 4.36. The average molecular weight is 518 g/mol. The normalized spacial score (nSPS) is 14.8. The second-order valence-corrected chi connectivity index (χ2v) is 8.05. The van der Waals surface area contributed by atoms with Gasteiger partial charge in [0.15, 0.2) is 0 Å². The van der Waals surface area contributed by atoms with Crippen molar-refractivity contribution in [2.75, 3.05) is 50.1 Å². The second-order valence-electron chi connectivity index (χ2n) is 6.48. The lowest BCUT2D eigenvalue weighted by Crippen LogP contribution is -2.46. The fraction of sp³-hybridized carbons (Fsp3) is 0.350. The summed E-state index contributed by atoms with van der Waals surface area (Å²) in [5.74, 6) is -0.356. The number of benzene rings is 2. The van der Waals surface area contributed by atoms with Crippen molar-refractivity contribution in [1.82, 2.24) is 4.90 Å². The van der Waals surface area contributed by atoms with Crippen LogP contribution >= 0.6 is 34.2 Å². The van der Waals surface area contributed by atoms with Crippen LogP contribution < -0.4 is 15.0 Å². The Hall–Kier alpha value is -1.58. The van der Waals surface area contributed by atoms with E-state index in [9.17, 15) is 9.18 Å². The maximum atomic E-state index is 14.8. The van der Waals surface area contributed by atoms with Gasteiger partial charge in [0.25, 0.3) is 5.91 Å². The number of anilines is 2. The van der Waals surface area contributed by atoms with Crippen LogP contribution in [0, 0.1) is 9.39 Å². The van der Waals surface area contributed by atoms with Crippen molar-refractivity contribution in [2.45, 2.75) is 6.92 Å². The summed E-state index contributed by atoms with van der Waals surface area (Å²) in [7, 11) is 1.51. The molecule has 1 fully saturated rings. The summed E-state index contributed by atoms with van der Waals surface area (Å²) in [5.41, 5.74) is 1.11. The van der Waals surface area contributed by atoms with Gasteiger partial charge in [0, 0.05) is 35.4 Å². The second kappa shape index (κ2) is 9.28. The zero-order valence-electron chi connectivity index (χ0n) is 15.8. The van der Waals surface area contributed by atoms with Gasteiger partial charge >= 0.3 is 0 Å². The summed E-state index contributed by atoms with van der Waals surface area (Å²) >= 11 is 8.45. The van der Waals surface area contributed by atoms with Crippen LogP contribution in [0.2, 0.25) is 5.02 Å². The molecule has 0 spiro atoms. The van der Waals surface area contributed by atoms with Crippen LogP contribution in [0.15, 0.2) is 30.3 Å². The monoisotopic (exact) mass is 517 g/mol. The maximum absolute atomic E-state index is 14.8. The Kier molecular flexibility index (Phi) is 7.00. The number of rotatable bonds is 5. The number of nitrogens with one attached hydrogen (secondary N) is 1. The van der Waals surface area contributed by atoms with Gasteiger partial charge in [-0.1, -0.05) is 24.6 Å². The molecular formula is C20H22ClFIN3O2. The molecule has 0 bridgehead atoms. The summed E-state index contributed by atoms with van der Waals surface area (Å²) < 4.78 is 20.8. The first kappa shape index (κ1) is 21.1. The van der Waals surface area contributed by atoms with E-state index < -0.39 is 5.82 Å². The number of likely N-dealkylation sites (N-methyl/N-ethyl adjacent to an activating group) is 1. The molecule has 1 amide bonds. The molecule has 0 unspecified atom stereocenters. The lowest BCUT2D eigenvalue weighted by molar-refractivity contribution is 0.102. The molecule has 1 saturated heterocycles. The van der Waals surface area contributed by atoms with Crippen molar-refractivity contribution in [3.05, 3.63) is 50.3 Å². The third-order valence-electron chi connectivity index (χ3n) is 4.83. The van der Waals surface area contributed by atoms with Crippen molar-refractivity contribution in [3.8, 4) is 5.75 Å². The van der Waals surface area contributed by atoms with Gasteiger partial charge in [-0.05, 0) is 53.4 Å². The number of hydrogen-bond donors (Lipinski definition) is 1. The van der Waals surface area contributed by atoms with E-state index >= 15 is 0 Å². The minimum Gasteiger partial charge on any atom is -0.496 e. The molecule has 0 radical (unpaired) electrons. The van der Waals surface area contributed by atoms with Crippen LogP contribution in [0.4, 0.5) is 15.8 Å². The molecule has 5 nitrogen and oxygen atoms in total. The molecule has 0 saturated carbocycles. The summed E-state index contributed by atoms with van der Waals surface area (Å²) in [5, 5.41) is 3.01. The Bertz CT molecular complexity index is 850. The number of carbonyl (C=O) groups is 1. The molecule has 0 aromatic heterocycles. The lowest BCUT2D eigenvalue weighted by atomic mass is 10.1. The van der Waals surface area contributed by atoms with Crippen LogP contribution in [-0.2, 0) is 0 Å². The minimum atomic E-state index is -0.442. The van der Waals surface area contributed by atoms with Gasteiger partial charge in [-0.25, -0.2) is 4.39 Å². The van der Waals surface area contributed by atoms with Gasteiger partial charge in [-0.2, -0.15) is 0 Å². The van der Waals surface area contributed by atoms with Crippen molar-refractivity contribution >= 4 is 51.5 Å². The molecule has 1 N–H and O–H groups in total. The molecule has 3 rings (SSSR count). The van der Waals surface area contributed by atoms with E-state index in [4.69, 9.17) is 16.3 Å². The quantitative estimate of drug-likeness (QED) is 0.594. The van der Waals surface area contributed by atoms with Crippen LogP contribution in [0.1, 0.15) is 17.3 Å². The Morgan fingerprint density at radius 2 is 2.00 bits per heavy atom. The molecule has 0 atom stereocenters. The van der Waals surface area contributed by atoms with Crippen molar-refractivity contribution in [1.29, 1.82) is 0 Å². The number of carbonyl (C=O) groups excluding carboxylic acids is 1. The summed E-state index contributed by atoms with van der Waals surface area (Å²) in [6, 6.07) is 8.23. The van der Waals surface area contributed by atoms with Crippen LogP contribution in [0.3, 0.4) is 0 Å². The largest absolute Gasteiger partial charge is 0.496 e. The molecular weight excluding hydrogens is 496 g/mol. The van der Waals surface area contributed by atoms with E-state index in [0.29, 0.717) is 22.7 Å². The van der Waals surface area contributed by atoms with Crippen LogP contribution in [0.25, 0.3) is 0 Å². The highest BCUT2D eigenvalue weighted by Crippen LogP contribution is 2.33. The SMILES string of the molecule is CCN1CCN(c2c(F)cc(NC(=O)c3c(I)cccc3OC)cc2Cl)CC1. The zero-order valence-corrected chi connectivity index (χ0v) is 18.7. The van der Waals surface area contributed by atoms with E-state index in [-0.39, 0.29) is 10.9 Å². The Labute approximate surface area is 182 Å². The zero-order chi connectivity index (χ0) is 20.3. The average Bonchev–Trinajstić information content (AvgIpc) is 2.67. The molecule has 0 aliphatic carbocycles. The number of methoxy groups -OCH3 is 1. The highest BCUT2D eigenvalue weighted by molar-refractivity contribution is 14.1. The van der Waals surface area contributed by atoms with E-state index in [1.54, 1.807) is 18.2 Å². The van der Waals surface area contributed by atoms with E-state index in [1.807, 2.05) is 11.0 Å². The topological polar surface area (TPSA) is 44.8 Å². The first-order valence-corrected chi connectivity index (χ1v) is 10.5. The van der Waals surface area contributed by atoms with Crippen molar-refractivity contribution in [3.63, 3.8) is 0 Å². The molecule has 150 valence electrons. The van der Waals surface area contributed by atoms with Crippen molar-refractivity contribution in [2.24, 2.45) is 0 Å². The number of halogens is 3. The summed E-state index contributed by atoms with van der Waals surface area (Å²) in [6.07, 6.45) is 0. The minimum absolute atomic E-state index is 0.287. The fourth-order valence-electron chi connectivity index (χ4n) is 3.32. The summed E-state index contributed by atoms with van der Waals surface area (Å²) in [6.45, 7) is 6.28. The Balaban J connectivity index is 1.81. The molecule has 2 aromatic rings.